The molecule has 0 N–H and O–H groups in total. The fraction of sp³-hybridized carbons (Fsp3) is 0.400. The van der Waals surface area contributed by atoms with Crippen LogP contribution in [0.1, 0.15) is 99.8 Å². The molecule has 0 aliphatic rings. The molecule has 4 rings (SSSR count). The molecule has 49 heavy (non-hydrogen) atoms. The first-order valence-electron chi connectivity index (χ1n) is 16.4. The monoisotopic (exact) mass is 710 g/mol. The number of benzene rings is 4. The van der Waals surface area contributed by atoms with Gasteiger partial charge < -0.3 is 22.8 Å². The van der Waals surface area contributed by atoms with Crippen molar-refractivity contribution in [1.82, 2.24) is 0 Å². The molecule has 0 aliphatic carbocycles. The fourth-order valence-electron chi connectivity index (χ4n) is 5.04. The Labute approximate surface area is 295 Å². The smallest absolute Gasteiger partial charge is 0.275 e. The lowest BCUT2D eigenvalue weighted by Crippen LogP contribution is -2.23. The lowest BCUT2D eigenvalue weighted by atomic mass is 9.77. The van der Waals surface area contributed by atoms with Crippen LogP contribution in [0.25, 0.3) is 11.1 Å². The minimum Gasteiger partial charge on any atom is -0.488 e. The predicted molar refractivity (Wildman–Crippen MR) is 200 cm³/mol. The van der Waals surface area contributed by atoms with Crippen molar-refractivity contribution in [2.45, 2.75) is 105 Å². The van der Waals surface area contributed by atoms with Crippen molar-refractivity contribution in [2.75, 3.05) is 0 Å². The molecule has 0 heterocycles. The van der Waals surface area contributed by atoms with Gasteiger partial charge in [-0.15, -0.1) is 0 Å². The van der Waals surface area contributed by atoms with E-state index in [9.17, 15) is 8.78 Å². The predicted octanol–water partition coefficient (Wildman–Crippen LogP) is 12.6. The van der Waals surface area contributed by atoms with Crippen molar-refractivity contribution in [3.63, 3.8) is 0 Å². The van der Waals surface area contributed by atoms with Gasteiger partial charge in [-0.25, -0.2) is 8.78 Å². The Morgan fingerprint density at radius 3 is 1.24 bits per heavy atom. The molecule has 0 fully saturated rings. The van der Waals surface area contributed by atoms with Gasteiger partial charge in [0.2, 0.25) is 0 Å². The van der Waals surface area contributed by atoms with E-state index in [4.69, 9.17) is 22.8 Å². The summed E-state index contributed by atoms with van der Waals surface area (Å²) in [5.74, 6) is 2.30. The molecule has 0 saturated heterocycles. The molecule has 0 bridgehead atoms. The SMILES string of the molecule is CC(C)(C)Oc1cc(-c2cc(C(C)(C)C)cc(C(C)(C)C)c2OPOc2ccc(F)cc2)c(OPOc2ccc(F)cc2)c(C(C)(C)C)c1. The van der Waals surface area contributed by atoms with E-state index in [1.807, 2.05) is 32.9 Å². The highest BCUT2D eigenvalue weighted by molar-refractivity contribution is 7.27. The van der Waals surface area contributed by atoms with E-state index >= 15 is 0 Å². The van der Waals surface area contributed by atoms with Gasteiger partial charge in [-0.2, -0.15) is 0 Å². The third-order valence-electron chi connectivity index (χ3n) is 7.58. The number of rotatable bonds is 10. The summed E-state index contributed by atoms with van der Waals surface area (Å²) >= 11 is 0. The largest absolute Gasteiger partial charge is 0.488 e. The Balaban J connectivity index is 1.97. The molecule has 0 aromatic heterocycles. The van der Waals surface area contributed by atoms with Crippen LogP contribution in [0, 0.1) is 11.6 Å². The summed E-state index contributed by atoms with van der Waals surface area (Å²) in [6.45, 7) is 25.5. The zero-order valence-electron chi connectivity index (χ0n) is 30.7. The van der Waals surface area contributed by atoms with E-state index in [0.717, 1.165) is 27.8 Å². The minimum atomic E-state index is -0.463. The second-order valence-electron chi connectivity index (χ2n) is 16.2. The minimum absolute atomic E-state index is 0.193. The Morgan fingerprint density at radius 1 is 0.449 bits per heavy atom. The van der Waals surface area contributed by atoms with Gasteiger partial charge in [0, 0.05) is 22.3 Å². The highest BCUT2D eigenvalue weighted by atomic mass is 31.1. The highest BCUT2D eigenvalue weighted by Gasteiger charge is 2.31. The van der Waals surface area contributed by atoms with Gasteiger partial charge >= 0.3 is 0 Å². The second-order valence-corrected chi connectivity index (χ2v) is 17.3. The average molecular weight is 711 g/mol. The van der Waals surface area contributed by atoms with Gasteiger partial charge in [0.1, 0.15) is 46.0 Å². The topological polar surface area (TPSA) is 46.2 Å². The summed E-state index contributed by atoms with van der Waals surface area (Å²) < 4.78 is 58.9. The number of ether oxygens (including phenoxy) is 1. The van der Waals surface area contributed by atoms with Gasteiger partial charge in [0.25, 0.3) is 18.1 Å². The van der Waals surface area contributed by atoms with Crippen LogP contribution in [0.5, 0.6) is 28.7 Å². The zero-order chi connectivity index (χ0) is 36.4. The first-order chi connectivity index (χ1) is 22.6. The van der Waals surface area contributed by atoms with Crippen LogP contribution < -0.4 is 22.8 Å². The molecule has 9 heteroatoms. The van der Waals surface area contributed by atoms with Crippen molar-refractivity contribution < 1.29 is 31.6 Å². The summed E-state index contributed by atoms with van der Waals surface area (Å²) in [6.07, 6.45) is 0. The van der Waals surface area contributed by atoms with E-state index in [1.165, 1.54) is 24.3 Å². The molecule has 0 amide bonds. The summed E-state index contributed by atoms with van der Waals surface area (Å²) in [7, 11) is -0.832. The van der Waals surface area contributed by atoms with E-state index < -0.39 is 23.7 Å². The van der Waals surface area contributed by atoms with Crippen molar-refractivity contribution in [2.24, 2.45) is 0 Å². The quantitative estimate of drug-likeness (QED) is 0.153. The number of hydrogen-bond donors (Lipinski definition) is 0. The lowest BCUT2D eigenvalue weighted by Gasteiger charge is -2.31. The maximum Gasteiger partial charge on any atom is 0.275 e. The Hall–Kier alpha value is -3.40. The molecule has 0 radical (unpaired) electrons. The molecular weight excluding hydrogens is 660 g/mol. The van der Waals surface area contributed by atoms with Crippen molar-refractivity contribution in [3.8, 4) is 39.9 Å². The molecular formula is C40H50F2O5P2. The molecule has 0 spiro atoms. The number of hydrogen-bond acceptors (Lipinski definition) is 5. The van der Waals surface area contributed by atoms with Crippen LogP contribution in [0.3, 0.4) is 0 Å². The van der Waals surface area contributed by atoms with Gasteiger partial charge in [-0.1, -0.05) is 68.4 Å². The van der Waals surface area contributed by atoms with Crippen LogP contribution in [0.2, 0.25) is 0 Å². The lowest BCUT2D eigenvalue weighted by molar-refractivity contribution is 0.130. The van der Waals surface area contributed by atoms with E-state index in [0.29, 0.717) is 28.7 Å². The molecule has 0 saturated carbocycles. The third kappa shape index (κ3) is 10.5. The fourth-order valence-corrected chi connectivity index (χ4v) is 6.19. The molecule has 4 aromatic rings. The van der Waals surface area contributed by atoms with Gasteiger partial charge in [0.05, 0.1) is 0 Å². The van der Waals surface area contributed by atoms with Crippen LogP contribution in [0.4, 0.5) is 8.78 Å². The first kappa shape index (κ1) is 38.4. The zero-order valence-corrected chi connectivity index (χ0v) is 32.7. The Morgan fingerprint density at radius 2 is 0.857 bits per heavy atom. The van der Waals surface area contributed by atoms with Crippen LogP contribution in [-0.4, -0.2) is 5.60 Å². The summed E-state index contributed by atoms with van der Waals surface area (Å²) in [6, 6.07) is 20.1. The van der Waals surface area contributed by atoms with Gasteiger partial charge in [-0.05, 0) is 109 Å². The maximum absolute atomic E-state index is 13.6. The average Bonchev–Trinajstić information content (AvgIpc) is 2.97. The summed E-state index contributed by atoms with van der Waals surface area (Å²) in [4.78, 5) is 0. The molecule has 2 atom stereocenters. The van der Waals surface area contributed by atoms with E-state index in [1.54, 1.807) is 24.3 Å². The van der Waals surface area contributed by atoms with Crippen LogP contribution in [-0.2, 0) is 16.2 Å². The third-order valence-corrected chi connectivity index (χ3v) is 8.79. The molecule has 5 nitrogen and oxygen atoms in total. The normalized spacial score (nSPS) is 12.9. The highest BCUT2D eigenvalue weighted by Crippen LogP contribution is 2.51. The van der Waals surface area contributed by atoms with Crippen molar-refractivity contribution in [1.29, 1.82) is 0 Å². The first-order valence-corrected chi connectivity index (χ1v) is 18.0. The van der Waals surface area contributed by atoms with Crippen LogP contribution >= 0.6 is 18.1 Å². The second kappa shape index (κ2) is 14.8. The summed E-state index contributed by atoms with van der Waals surface area (Å²) in [5, 5.41) is 0. The van der Waals surface area contributed by atoms with Crippen molar-refractivity contribution >= 4 is 18.1 Å². The number of halogens is 2. The van der Waals surface area contributed by atoms with Gasteiger partial charge in [0.15, 0.2) is 0 Å². The molecule has 2 unspecified atom stereocenters. The van der Waals surface area contributed by atoms with Gasteiger partial charge in [-0.3, -0.25) is 0 Å². The standard InChI is InChI=1S/C40H50F2O5P2/c1-37(2,3)25-21-31(35(33(22-25)38(4,5)6)46-48-44-28-17-13-26(41)14-18-28)32-23-30(43-40(10,11)12)24-34(39(7,8)9)36(32)47-49-45-29-19-15-27(42)16-20-29/h13-24,48-49H,1-12H3. The molecule has 264 valence electrons. The van der Waals surface area contributed by atoms with Crippen molar-refractivity contribution in [3.05, 3.63) is 101 Å². The van der Waals surface area contributed by atoms with Crippen LogP contribution in [0.15, 0.2) is 72.8 Å². The maximum atomic E-state index is 13.6. The van der Waals surface area contributed by atoms with E-state index in [-0.39, 0.29) is 27.9 Å². The molecule has 4 aromatic carbocycles. The van der Waals surface area contributed by atoms with E-state index in [2.05, 4.69) is 74.4 Å². The Kier molecular flexibility index (Phi) is 11.6. The summed E-state index contributed by atoms with van der Waals surface area (Å²) in [5.41, 5.74) is 3.32. The Bertz CT molecular complexity index is 1730. The molecule has 0 aliphatic heterocycles.